The van der Waals surface area contributed by atoms with E-state index in [1.165, 1.54) is 0 Å². The quantitative estimate of drug-likeness (QED) is 0.593. The number of nitrogens with one attached hydrogen (secondary N) is 1. The maximum atomic E-state index is 12.2. The Morgan fingerprint density at radius 3 is 2.15 bits per heavy atom. The Labute approximate surface area is 125 Å². The van der Waals surface area contributed by atoms with Gasteiger partial charge in [0.1, 0.15) is 5.54 Å². The Kier molecular flexibility index (Phi) is 9.86. The summed E-state index contributed by atoms with van der Waals surface area (Å²) in [6, 6.07) is 0.364. The lowest BCUT2D eigenvalue weighted by atomic mass is 9.92. The third kappa shape index (κ3) is 6.23. The Bertz CT molecular complexity index is 265. The molecule has 120 valence electrons. The molecule has 0 aliphatic rings. The van der Waals surface area contributed by atoms with Gasteiger partial charge in [0.25, 0.3) is 0 Å². The number of hydrogen-bond donors (Lipinski definition) is 1. The van der Waals surface area contributed by atoms with E-state index in [1.54, 1.807) is 0 Å². The Morgan fingerprint density at radius 2 is 1.75 bits per heavy atom. The molecule has 0 amide bonds. The lowest BCUT2D eigenvalue weighted by Crippen LogP contribution is -2.54. The molecular weight excluding hydrogens is 252 g/mol. The summed E-state index contributed by atoms with van der Waals surface area (Å²) >= 11 is 0. The number of esters is 1. The highest BCUT2D eigenvalue weighted by Crippen LogP contribution is 2.19. The van der Waals surface area contributed by atoms with Crippen molar-refractivity contribution in [1.82, 2.24) is 10.2 Å². The van der Waals surface area contributed by atoms with Crippen LogP contribution in [-0.4, -0.2) is 48.7 Å². The van der Waals surface area contributed by atoms with Crippen LogP contribution in [-0.2, 0) is 9.53 Å². The zero-order valence-corrected chi connectivity index (χ0v) is 14.3. The fourth-order valence-corrected chi connectivity index (χ4v) is 2.76. The molecule has 0 saturated heterocycles. The van der Waals surface area contributed by atoms with Crippen molar-refractivity contribution in [2.24, 2.45) is 0 Å². The molecule has 20 heavy (non-hydrogen) atoms. The minimum Gasteiger partial charge on any atom is -0.465 e. The highest BCUT2D eigenvalue weighted by Gasteiger charge is 2.36. The summed E-state index contributed by atoms with van der Waals surface area (Å²) in [7, 11) is 0. The van der Waals surface area contributed by atoms with Gasteiger partial charge in [0, 0.05) is 6.04 Å². The van der Waals surface area contributed by atoms with Crippen LogP contribution in [0.5, 0.6) is 0 Å². The van der Waals surface area contributed by atoms with E-state index < -0.39 is 5.54 Å². The number of carbonyl (C=O) groups is 1. The second-order valence-corrected chi connectivity index (χ2v) is 5.67. The fourth-order valence-electron chi connectivity index (χ4n) is 2.76. The number of nitrogens with zero attached hydrogens (tertiary/aromatic N) is 1. The van der Waals surface area contributed by atoms with E-state index in [0.717, 1.165) is 38.9 Å². The predicted octanol–water partition coefficient (Wildman–Crippen LogP) is 2.82. The maximum Gasteiger partial charge on any atom is 0.326 e. The first-order chi connectivity index (χ1) is 9.45. The second kappa shape index (κ2) is 10.2. The lowest BCUT2D eigenvalue weighted by molar-refractivity contribution is -0.151. The minimum absolute atomic E-state index is 0.137. The molecule has 0 fully saturated rings. The van der Waals surface area contributed by atoms with Crippen molar-refractivity contribution in [3.8, 4) is 0 Å². The van der Waals surface area contributed by atoms with E-state index in [1.807, 2.05) is 20.8 Å². The van der Waals surface area contributed by atoms with Gasteiger partial charge in [-0.15, -0.1) is 0 Å². The molecule has 0 aliphatic carbocycles. The van der Waals surface area contributed by atoms with Gasteiger partial charge in [-0.3, -0.25) is 4.79 Å². The van der Waals surface area contributed by atoms with Gasteiger partial charge in [-0.1, -0.05) is 20.8 Å². The zero-order chi connectivity index (χ0) is 15.6. The van der Waals surface area contributed by atoms with Crippen LogP contribution in [0.2, 0.25) is 0 Å². The normalized spacial score (nSPS) is 15.9. The third-order valence-electron chi connectivity index (χ3n) is 3.64. The summed E-state index contributed by atoms with van der Waals surface area (Å²) in [6.07, 6.45) is 3.06. The topological polar surface area (TPSA) is 41.6 Å². The predicted molar refractivity (Wildman–Crippen MR) is 84.9 cm³/mol. The standard InChI is InChI=1S/C16H34N2O2/c1-7-11-18(12-8-2)14(5)13-16(6,17-9-3)15(19)20-10-4/h14,17H,7-13H2,1-6H3. The lowest BCUT2D eigenvalue weighted by Gasteiger charge is -2.36. The molecule has 0 rings (SSSR count). The number of ether oxygens (including phenoxy) is 1. The van der Waals surface area contributed by atoms with Crippen molar-refractivity contribution < 1.29 is 9.53 Å². The summed E-state index contributed by atoms with van der Waals surface area (Å²) in [5.41, 5.74) is -0.593. The first-order valence-electron chi connectivity index (χ1n) is 8.11. The molecule has 0 aliphatic heterocycles. The Morgan fingerprint density at radius 1 is 1.20 bits per heavy atom. The number of carbonyl (C=O) groups excluding carboxylic acids is 1. The van der Waals surface area contributed by atoms with E-state index in [4.69, 9.17) is 4.74 Å². The first-order valence-corrected chi connectivity index (χ1v) is 8.11. The largest absolute Gasteiger partial charge is 0.465 e. The Balaban J connectivity index is 4.81. The van der Waals surface area contributed by atoms with Crippen molar-refractivity contribution in [2.45, 2.75) is 72.4 Å². The molecule has 2 atom stereocenters. The molecule has 0 aromatic carbocycles. The fraction of sp³-hybridized carbons (Fsp3) is 0.938. The van der Waals surface area contributed by atoms with Crippen LogP contribution >= 0.6 is 0 Å². The maximum absolute atomic E-state index is 12.2. The molecule has 4 heteroatoms. The van der Waals surface area contributed by atoms with Crippen LogP contribution in [0.4, 0.5) is 0 Å². The van der Waals surface area contributed by atoms with E-state index >= 15 is 0 Å². The SMILES string of the molecule is CCCN(CCC)C(C)CC(C)(NCC)C(=O)OCC. The van der Waals surface area contributed by atoms with Gasteiger partial charge in [0.2, 0.25) is 0 Å². The molecule has 1 N–H and O–H groups in total. The first kappa shape index (κ1) is 19.4. The zero-order valence-electron chi connectivity index (χ0n) is 14.3. The molecular formula is C16H34N2O2. The van der Waals surface area contributed by atoms with Crippen molar-refractivity contribution in [3.63, 3.8) is 0 Å². The van der Waals surface area contributed by atoms with Gasteiger partial charge in [0.15, 0.2) is 0 Å². The second-order valence-electron chi connectivity index (χ2n) is 5.67. The molecule has 0 saturated carbocycles. The highest BCUT2D eigenvalue weighted by molar-refractivity contribution is 5.80. The molecule has 0 radical (unpaired) electrons. The van der Waals surface area contributed by atoms with Gasteiger partial charge < -0.3 is 15.0 Å². The molecule has 0 heterocycles. The molecule has 2 unspecified atom stereocenters. The molecule has 4 nitrogen and oxygen atoms in total. The molecule has 0 aromatic heterocycles. The summed E-state index contributed by atoms with van der Waals surface area (Å²) in [5.74, 6) is -0.137. The smallest absolute Gasteiger partial charge is 0.326 e. The van der Waals surface area contributed by atoms with Crippen LogP contribution in [0.25, 0.3) is 0 Å². The number of rotatable bonds is 11. The van der Waals surface area contributed by atoms with Crippen LogP contribution in [0, 0.1) is 0 Å². The van der Waals surface area contributed by atoms with E-state index in [2.05, 4.69) is 31.0 Å². The Hall–Kier alpha value is -0.610. The monoisotopic (exact) mass is 286 g/mol. The molecule has 0 spiro atoms. The van der Waals surface area contributed by atoms with Crippen molar-refractivity contribution in [1.29, 1.82) is 0 Å². The molecule has 0 aromatic rings. The van der Waals surface area contributed by atoms with E-state index in [9.17, 15) is 4.79 Å². The minimum atomic E-state index is -0.593. The van der Waals surface area contributed by atoms with Crippen molar-refractivity contribution >= 4 is 5.97 Å². The summed E-state index contributed by atoms with van der Waals surface area (Å²) in [5, 5.41) is 3.31. The molecule has 0 bridgehead atoms. The average molecular weight is 286 g/mol. The third-order valence-corrected chi connectivity index (χ3v) is 3.64. The van der Waals surface area contributed by atoms with Crippen LogP contribution < -0.4 is 5.32 Å². The number of hydrogen-bond acceptors (Lipinski definition) is 4. The van der Waals surface area contributed by atoms with Crippen molar-refractivity contribution in [3.05, 3.63) is 0 Å². The van der Waals surface area contributed by atoms with Gasteiger partial charge in [-0.2, -0.15) is 0 Å². The number of likely N-dealkylation sites (N-methyl/N-ethyl adjacent to an activating group) is 1. The van der Waals surface area contributed by atoms with E-state index in [-0.39, 0.29) is 5.97 Å². The van der Waals surface area contributed by atoms with Gasteiger partial charge in [0.05, 0.1) is 6.61 Å². The summed E-state index contributed by atoms with van der Waals surface area (Å²) in [6.45, 7) is 15.8. The van der Waals surface area contributed by atoms with E-state index in [0.29, 0.717) is 12.6 Å². The highest BCUT2D eigenvalue weighted by atomic mass is 16.5. The van der Waals surface area contributed by atoms with Gasteiger partial charge in [-0.25, -0.2) is 0 Å². The van der Waals surface area contributed by atoms with Crippen LogP contribution in [0.15, 0.2) is 0 Å². The average Bonchev–Trinajstić information content (AvgIpc) is 2.38. The summed E-state index contributed by atoms with van der Waals surface area (Å²) < 4.78 is 5.24. The van der Waals surface area contributed by atoms with Crippen LogP contribution in [0.1, 0.15) is 60.8 Å². The van der Waals surface area contributed by atoms with Gasteiger partial charge in [-0.05, 0) is 59.7 Å². The van der Waals surface area contributed by atoms with Crippen LogP contribution in [0.3, 0.4) is 0 Å². The summed E-state index contributed by atoms with van der Waals surface area (Å²) in [4.78, 5) is 14.7. The van der Waals surface area contributed by atoms with Crippen molar-refractivity contribution in [2.75, 3.05) is 26.2 Å². The van der Waals surface area contributed by atoms with Gasteiger partial charge >= 0.3 is 5.97 Å².